The van der Waals surface area contributed by atoms with E-state index in [9.17, 15) is 5.26 Å². The first-order valence-corrected chi connectivity index (χ1v) is 7.16. The average molecular weight is 258 g/mol. The lowest BCUT2D eigenvalue weighted by Gasteiger charge is -2.23. The maximum absolute atomic E-state index is 9.38. The third kappa shape index (κ3) is 2.86. The van der Waals surface area contributed by atoms with Gasteiger partial charge in [-0.05, 0) is 44.6 Å². The number of hydrogen-bond donors (Lipinski definition) is 0. The van der Waals surface area contributed by atoms with Crippen LogP contribution in [0, 0.1) is 31.1 Å². The zero-order valence-electron chi connectivity index (χ0n) is 12.1. The highest BCUT2D eigenvalue weighted by Crippen LogP contribution is 2.26. The molecule has 0 N–H and O–H groups in total. The van der Waals surface area contributed by atoms with Gasteiger partial charge in [-0.2, -0.15) is 10.4 Å². The van der Waals surface area contributed by atoms with Crippen molar-refractivity contribution in [1.82, 2.24) is 10.2 Å². The van der Waals surface area contributed by atoms with Gasteiger partial charge >= 0.3 is 0 Å². The summed E-state index contributed by atoms with van der Waals surface area (Å²) in [6.07, 6.45) is 4.90. The van der Waals surface area contributed by atoms with Crippen LogP contribution in [0.25, 0.3) is 0 Å². The fourth-order valence-electron chi connectivity index (χ4n) is 2.74. The Morgan fingerprint density at radius 1 is 1.26 bits per heavy atom. The highest BCUT2D eigenvalue weighted by molar-refractivity contribution is 5.57. The van der Waals surface area contributed by atoms with Gasteiger partial charge in [0.15, 0.2) is 5.82 Å². The van der Waals surface area contributed by atoms with Crippen molar-refractivity contribution >= 4 is 5.82 Å². The van der Waals surface area contributed by atoms with Crippen LogP contribution in [0.2, 0.25) is 0 Å². The van der Waals surface area contributed by atoms with Gasteiger partial charge in [0.25, 0.3) is 0 Å². The van der Waals surface area contributed by atoms with Gasteiger partial charge < -0.3 is 4.90 Å². The first-order chi connectivity index (χ1) is 9.17. The van der Waals surface area contributed by atoms with E-state index in [0.717, 1.165) is 36.1 Å². The van der Waals surface area contributed by atoms with Crippen molar-refractivity contribution in [2.24, 2.45) is 5.92 Å². The number of nitriles is 1. The molecule has 0 radical (unpaired) electrons. The Hall–Kier alpha value is -1.63. The molecule has 1 aromatic rings. The summed E-state index contributed by atoms with van der Waals surface area (Å²) in [5.74, 6) is 1.59. The lowest BCUT2D eigenvalue weighted by atomic mass is 9.98. The molecule has 1 unspecified atom stereocenters. The number of aryl methyl sites for hydroxylation is 1. The molecular formula is C15H22N4. The second-order valence-corrected chi connectivity index (χ2v) is 5.41. The fourth-order valence-corrected chi connectivity index (χ4v) is 2.74. The van der Waals surface area contributed by atoms with Crippen LogP contribution in [0.15, 0.2) is 0 Å². The summed E-state index contributed by atoms with van der Waals surface area (Å²) in [7, 11) is 0. The molecule has 2 heterocycles. The van der Waals surface area contributed by atoms with Gasteiger partial charge in [0.2, 0.25) is 0 Å². The van der Waals surface area contributed by atoms with Crippen LogP contribution in [-0.2, 0) is 0 Å². The molecule has 2 rings (SSSR count). The molecule has 1 saturated heterocycles. The number of anilines is 1. The van der Waals surface area contributed by atoms with Crippen LogP contribution >= 0.6 is 0 Å². The van der Waals surface area contributed by atoms with Crippen LogP contribution in [0.4, 0.5) is 5.82 Å². The van der Waals surface area contributed by atoms with Gasteiger partial charge in [0, 0.05) is 13.1 Å². The second kappa shape index (κ2) is 6.01. The molecule has 1 fully saturated rings. The summed E-state index contributed by atoms with van der Waals surface area (Å²) in [5, 5.41) is 17.8. The fraction of sp³-hybridized carbons (Fsp3) is 0.667. The summed E-state index contributed by atoms with van der Waals surface area (Å²) in [6, 6.07) is 2.30. The molecule has 4 nitrogen and oxygen atoms in total. The molecule has 1 aromatic heterocycles. The molecule has 1 atom stereocenters. The first kappa shape index (κ1) is 13.8. The molecule has 0 amide bonds. The van der Waals surface area contributed by atoms with E-state index < -0.39 is 0 Å². The summed E-state index contributed by atoms with van der Waals surface area (Å²) in [6.45, 7) is 8.10. The number of hydrogen-bond acceptors (Lipinski definition) is 4. The molecule has 4 heteroatoms. The highest BCUT2D eigenvalue weighted by Gasteiger charge is 2.21. The number of aromatic nitrogens is 2. The maximum Gasteiger partial charge on any atom is 0.169 e. The topological polar surface area (TPSA) is 52.8 Å². The Labute approximate surface area is 115 Å². The van der Waals surface area contributed by atoms with Crippen molar-refractivity contribution in [1.29, 1.82) is 5.26 Å². The van der Waals surface area contributed by atoms with Crippen molar-refractivity contribution in [3.63, 3.8) is 0 Å². The van der Waals surface area contributed by atoms with Crippen LogP contribution < -0.4 is 4.90 Å². The Balaban J connectivity index is 2.27. The van der Waals surface area contributed by atoms with Crippen molar-refractivity contribution in [3.05, 3.63) is 16.8 Å². The van der Waals surface area contributed by atoms with Crippen LogP contribution in [0.1, 0.15) is 49.4 Å². The lowest BCUT2D eigenvalue weighted by molar-refractivity contribution is 0.459. The SMILES string of the molecule is CCC1CCCN(c2nnc(C)c(C)c2C#N)CC1. The minimum atomic E-state index is 0.697. The van der Waals surface area contributed by atoms with Gasteiger partial charge in [0.05, 0.1) is 5.69 Å². The molecule has 0 saturated carbocycles. The minimum Gasteiger partial charge on any atom is -0.354 e. The Kier molecular flexibility index (Phi) is 4.36. The summed E-state index contributed by atoms with van der Waals surface area (Å²) >= 11 is 0. The molecular weight excluding hydrogens is 236 g/mol. The van der Waals surface area contributed by atoms with Crippen LogP contribution in [0.3, 0.4) is 0 Å². The van der Waals surface area contributed by atoms with Crippen molar-refractivity contribution in [3.8, 4) is 6.07 Å². The van der Waals surface area contributed by atoms with E-state index in [1.807, 2.05) is 13.8 Å². The van der Waals surface area contributed by atoms with E-state index in [1.165, 1.54) is 25.7 Å². The minimum absolute atomic E-state index is 0.697. The summed E-state index contributed by atoms with van der Waals surface area (Å²) in [5.41, 5.74) is 2.51. The lowest BCUT2D eigenvalue weighted by Crippen LogP contribution is -2.27. The molecule has 0 aromatic carbocycles. The van der Waals surface area contributed by atoms with Crippen LogP contribution in [-0.4, -0.2) is 23.3 Å². The second-order valence-electron chi connectivity index (χ2n) is 5.41. The predicted octanol–water partition coefficient (Wildman–Crippen LogP) is 2.98. The Morgan fingerprint density at radius 2 is 2.05 bits per heavy atom. The van der Waals surface area contributed by atoms with E-state index >= 15 is 0 Å². The largest absolute Gasteiger partial charge is 0.354 e. The third-order valence-electron chi connectivity index (χ3n) is 4.27. The van der Waals surface area contributed by atoms with Gasteiger partial charge in [-0.1, -0.05) is 13.3 Å². The average Bonchev–Trinajstić information content (AvgIpc) is 2.67. The monoisotopic (exact) mass is 258 g/mol. The Bertz CT molecular complexity index is 490. The third-order valence-corrected chi connectivity index (χ3v) is 4.27. The van der Waals surface area contributed by atoms with E-state index in [2.05, 4.69) is 28.1 Å². The molecule has 102 valence electrons. The van der Waals surface area contributed by atoms with Crippen LogP contribution in [0.5, 0.6) is 0 Å². The number of rotatable bonds is 2. The van der Waals surface area contributed by atoms with Gasteiger partial charge in [-0.3, -0.25) is 0 Å². The molecule has 0 aliphatic carbocycles. The quantitative estimate of drug-likeness (QED) is 0.818. The van der Waals surface area contributed by atoms with Crippen molar-refractivity contribution in [2.75, 3.05) is 18.0 Å². The van der Waals surface area contributed by atoms with E-state index in [4.69, 9.17) is 0 Å². The van der Waals surface area contributed by atoms with Crippen molar-refractivity contribution < 1.29 is 0 Å². The summed E-state index contributed by atoms with van der Waals surface area (Å²) < 4.78 is 0. The van der Waals surface area contributed by atoms with E-state index in [1.54, 1.807) is 0 Å². The highest BCUT2D eigenvalue weighted by atomic mass is 15.3. The van der Waals surface area contributed by atoms with E-state index in [0.29, 0.717) is 5.56 Å². The number of nitrogens with zero attached hydrogens (tertiary/aromatic N) is 4. The van der Waals surface area contributed by atoms with Gasteiger partial charge in [-0.15, -0.1) is 5.10 Å². The maximum atomic E-state index is 9.38. The molecule has 19 heavy (non-hydrogen) atoms. The standard InChI is InChI=1S/C15H22N4/c1-4-13-6-5-8-19(9-7-13)15-14(10-16)11(2)12(3)17-18-15/h13H,4-9H2,1-3H3. The molecule has 1 aliphatic heterocycles. The molecule has 0 bridgehead atoms. The van der Waals surface area contributed by atoms with Gasteiger partial charge in [0.1, 0.15) is 11.6 Å². The predicted molar refractivity (Wildman–Crippen MR) is 76.1 cm³/mol. The zero-order valence-corrected chi connectivity index (χ0v) is 12.1. The zero-order chi connectivity index (χ0) is 13.8. The first-order valence-electron chi connectivity index (χ1n) is 7.16. The smallest absolute Gasteiger partial charge is 0.169 e. The van der Waals surface area contributed by atoms with E-state index in [-0.39, 0.29) is 0 Å². The molecule has 0 spiro atoms. The Morgan fingerprint density at radius 3 is 2.74 bits per heavy atom. The normalized spacial score (nSPS) is 19.9. The van der Waals surface area contributed by atoms with Gasteiger partial charge in [-0.25, -0.2) is 0 Å². The molecule has 1 aliphatic rings. The summed E-state index contributed by atoms with van der Waals surface area (Å²) in [4.78, 5) is 2.24. The van der Waals surface area contributed by atoms with Crippen molar-refractivity contribution in [2.45, 2.75) is 46.5 Å².